The third kappa shape index (κ3) is 29.2. The number of aryl methyl sites for hydroxylation is 1. The maximum atomic E-state index is 12.6. The Balaban J connectivity index is -0.000000468. The van der Waals surface area contributed by atoms with Crippen LogP contribution in [0.5, 0.6) is 0 Å². The number of aliphatic carboxylic acids is 1. The number of nitrogens with one attached hydrogen (secondary N) is 3. The first kappa shape index (κ1) is 53.6. The van der Waals surface area contributed by atoms with Crippen LogP contribution in [-0.4, -0.2) is 103 Å². The molecular weight excluding hydrogens is 989 g/mol. The first-order chi connectivity index (χ1) is 23.3. The van der Waals surface area contributed by atoms with Gasteiger partial charge in [0.1, 0.15) is 11.6 Å². The summed E-state index contributed by atoms with van der Waals surface area (Å²) in [7, 11) is 2.74. The first-order valence-electron chi connectivity index (χ1n) is 16.8. The van der Waals surface area contributed by atoms with Crippen molar-refractivity contribution in [2.75, 3.05) is 40.3 Å². The molecule has 0 heterocycles. The van der Waals surface area contributed by atoms with Crippen LogP contribution in [0.25, 0.3) is 0 Å². The number of amides is 5. The van der Waals surface area contributed by atoms with Crippen molar-refractivity contribution in [1.29, 1.82) is 0 Å². The number of rotatable bonds is 15. The van der Waals surface area contributed by atoms with E-state index in [9.17, 15) is 28.8 Å². The van der Waals surface area contributed by atoms with Crippen LogP contribution < -0.4 is 21.7 Å². The van der Waals surface area contributed by atoms with Gasteiger partial charge in [0.05, 0.1) is 19.6 Å². The number of nitrogens with two attached hydrogens (primary N) is 1. The number of nitrogens with zero attached hydrogens (tertiary/aromatic N) is 2. The molecule has 1 aromatic carbocycles. The second-order valence-corrected chi connectivity index (χ2v) is 13.7. The van der Waals surface area contributed by atoms with Gasteiger partial charge in [-0.05, 0) is 76.3 Å². The van der Waals surface area contributed by atoms with Crippen molar-refractivity contribution < 1.29 is 33.9 Å². The van der Waals surface area contributed by atoms with Gasteiger partial charge in [-0.1, -0.05) is 81.4 Å². The minimum Gasteiger partial charge on any atom is -0.522 e. The molecule has 0 aliphatic heterocycles. The molecule has 1 atom stereocenters. The quantitative estimate of drug-likeness (QED) is 0.0970. The monoisotopic (exact) mass is 1050 g/mol. The summed E-state index contributed by atoms with van der Waals surface area (Å²) in [5, 5.41) is 16.7. The largest absolute Gasteiger partial charge is 0.522 e. The van der Waals surface area contributed by atoms with Crippen molar-refractivity contribution in [3.63, 3.8) is 0 Å². The summed E-state index contributed by atoms with van der Waals surface area (Å²) < 4.78 is 1.10. The molecule has 0 bridgehead atoms. The Labute approximate surface area is 312 Å². The Hall–Kier alpha value is -4.23. The van der Waals surface area contributed by atoms with Gasteiger partial charge in [-0.25, -0.2) is 4.79 Å². The van der Waals surface area contributed by atoms with Crippen molar-refractivity contribution in [2.45, 2.75) is 105 Å². The zero-order chi connectivity index (χ0) is 39.4. The number of carboxylic acid groups (broad SMARTS) is 1. The van der Waals surface area contributed by atoms with E-state index >= 15 is 0 Å². The standard InChI is InChI=1S/C19H33N6O7.C7H6BrCl.C4H10.C3H6.C2H6.Fm/c1-19(2,18(31)32)23-14(27)11-24(3)15(28)10-22-17(30)13(7-5-6-8-20)25(4)16(29)9-21-12-26;1-5-4-6(9)2-3-7(5)8;1-4(2)3;1-2-3-1;1-2;/h13H,5-11,20H2,1-4H3,(H,21,26)(H,22,30)(H,23,27)(H,31,32);2-4H,1H3;4H,1-3H3;1-3H2;1-2H3;/q-1;;;;;. The zero-order valence-corrected chi connectivity index (χ0v) is 36.6. The van der Waals surface area contributed by atoms with Crippen LogP contribution in [0, 0.1) is 12.8 Å². The van der Waals surface area contributed by atoms with Gasteiger partial charge in [0.25, 0.3) is 0 Å². The van der Waals surface area contributed by atoms with Gasteiger partial charge in [0.2, 0.25) is 23.6 Å². The summed E-state index contributed by atoms with van der Waals surface area (Å²) in [6.45, 7) is 14.4. The predicted molar refractivity (Wildman–Crippen MR) is 203 cm³/mol. The molecule has 51 heavy (non-hydrogen) atoms. The normalized spacial score (nSPS) is 11.3. The molecule has 1 aliphatic rings. The van der Waals surface area contributed by atoms with Gasteiger partial charge in [0.15, 0.2) is 0 Å². The molecule has 1 aromatic rings. The van der Waals surface area contributed by atoms with Gasteiger partial charge in [-0.3, -0.25) is 19.2 Å². The minimum absolute atomic E-state index is 0. The van der Waals surface area contributed by atoms with E-state index in [-0.39, 0.29) is 6.54 Å². The summed E-state index contributed by atoms with van der Waals surface area (Å²) in [5.41, 5.74) is 5.14. The Morgan fingerprint density at radius 2 is 1.55 bits per heavy atom. The molecule has 300 valence electrons. The van der Waals surface area contributed by atoms with Crippen LogP contribution in [0.2, 0.25) is 5.02 Å². The third-order valence-corrected chi connectivity index (χ3v) is 7.21. The van der Waals surface area contributed by atoms with Gasteiger partial charge in [-0.2, -0.15) is 6.41 Å². The molecule has 1 saturated carbocycles. The number of benzene rings is 1. The van der Waals surface area contributed by atoms with Gasteiger partial charge < -0.3 is 41.4 Å². The van der Waals surface area contributed by atoms with Crippen LogP contribution in [0.3, 0.4) is 0 Å². The Bertz CT molecular complexity index is 1170. The number of carbonyl (C=O) groups is 5. The third-order valence-electron chi connectivity index (χ3n) is 6.09. The minimum atomic E-state index is -1.50. The molecule has 1 aliphatic carbocycles. The molecule has 0 saturated heterocycles. The SMILES string of the molecule is C1CC1.CC.CC(C)C.CN(CC(=O)NC(C)(C)C(=O)O)C(=O)CNC(=O)C(CCCCN)N(C)C(=O)CN[C-]=O.Cc1cc(Cl)ccc1Br.[Fm]. The fourth-order valence-corrected chi connectivity index (χ4v) is 3.63. The summed E-state index contributed by atoms with van der Waals surface area (Å²) in [4.78, 5) is 72.6. The molecule has 6 N–H and O–H groups in total. The average Bonchev–Trinajstić information content (AvgIpc) is 3.93. The van der Waals surface area contributed by atoms with Crippen molar-refractivity contribution in [3.8, 4) is 0 Å². The fourth-order valence-electron chi connectivity index (χ4n) is 3.16. The van der Waals surface area contributed by atoms with E-state index in [2.05, 4.69) is 52.7 Å². The van der Waals surface area contributed by atoms with Crippen LogP contribution >= 0.6 is 27.5 Å². The van der Waals surface area contributed by atoms with Gasteiger partial charge >= 0.3 is 5.97 Å². The second-order valence-electron chi connectivity index (χ2n) is 12.4. The van der Waals surface area contributed by atoms with Crippen molar-refractivity contribution in [1.82, 2.24) is 25.8 Å². The molecule has 0 radical (unpaired) electrons. The molecule has 5 amide bonds. The number of hydrogen-bond donors (Lipinski definition) is 5. The number of halogens is 2. The summed E-state index contributed by atoms with van der Waals surface area (Å²) in [6, 6.07) is 4.84. The first-order valence-corrected chi connectivity index (χ1v) is 18.0. The topological polar surface area (TPSA) is 191 Å². The Morgan fingerprint density at radius 3 is 1.96 bits per heavy atom. The molecule has 0 aromatic heterocycles. The number of hydrogen-bond acceptors (Lipinski definition) is 7. The van der Waals surface area contributed by atoms with E-state index in [1.54, 1.807) is 0 Å². The summed E-state index contributed by atoms with van der Waals surface area (Å²) >= 11 is 9.07. The van der Waals surface area contributed by atoms with Crippen LogP contribution in [0.15, 0.2) is 22.7 Å². The van der Waals surface area contributed by atoms with E-state index in [0.29, 0.717) is 25.8 Å². The zero-order valence-electron chi connectivity index (χ0n) is 31.9. The average molecular weight is 1050 g/mol. The molecule has 1 unspecified atom stereocenters. The summed E-state index contributed by atoms with van der Waals surface area (Å²) in [6.07, 6.45) is 7.38. The Morgan fingerprint density at radius 1 is 1.02 bits per heavy atom. The van der Waals surface area contributed by atoms with Crippen LogP contribution in [0.4, 0.5) is 0 Å². The molecular formula is C35H61BrClFmN6O7-. The molecule has 1 fully saturated rings. The number of unbranched alkanes of at least 4 members (excludes halogenated alkanes) is 1. The molecule has 13 nitrogen and oxygen atoms in total. The van der Waals surface area contributed by atoms with Crippen molar-refractivity contribution >= 4 is 63.5 Å². The number of likely N-dealkylation sites (N-methyl/N-ethyl adjacent to an activating group) is 2. The van der Waals surface area contributed by atoms with Crippen LogP contribution in [-0.2, 0) is 28.8 Å². The molecule has 0 spiro atoms. The maximum Gasteiger partial charge on any atom is 0.328 e. The Kier molecular flexibility index (Phi) is 32.1. The van der Waals surface area contributed by atoms with E-state index in [1.165, 1.54) is 64.1 Å². The van der Waals surface area contributed by atoms with E-state index in [0.717, 1.165) is 20.3 Å². The molecule has 16 heteroatoms. The van der Waals surface area contributed by atoms with Crippen molar-refractivity contribution in [2.24, 2.45) is 11.7 Å². The molecule has 2 rings (SSSR count). The van der Waals surface area contributed by atoms with E-state index in [1.807, 2.05) is 39.0 Å². The number of carbonyl (C=O) groups excluding carboxylic acids is 5. The fraction of sp³-hybridized carbons (Fsp3) is 0.657. The maximum absolute atomic E-state index is 12.6. The second kappa shape index (κ2) is 30.6. The van der Waals surface area contributed by atoms with Gasteiger partial charge in [0, 0.05) is 23.6 Å². The predicted octanol–water partition coefficient (Wildman–Crippen LogP) is 4.42. The smallest absolute Gasteiger partial charge is 0.328 e. The van der Waals surface area contributed by atoms with Crippen molar-refractivity contribution in [3.05, 3.63) is 33.3 Å². The van der Waals surface area contributed by atoms with Gasteiger partial charge in [-0.15, -0.1) is 0 Å². The van der Waals surface area contributed by atoms with E-state index in [4.69, 9.17) is 22.4 Å². The number of carboxylic acids is 1. The summed E-state index contributed by atoms with van der Waals surface area (Å²) in [5.74, 6) is -2.75. The van der Waals surface area contributed by atoms with E-state index < -0.39 is 54.3 Å². The van der Waals surface area contributed by atoms with Crippen LogP contribution in [0.1, 0.15) is 92.6 Å².